The van der Waals surface area contributed by atoms with Gasteiger partial charge in [0.05, 0.1) is 0 Å². The molecule has 0 bridgehead atoms. The summed E-state index contributed by atoms with van der Waals surface area (Å²) in [6.07, 6.45) is 7.24. The van der Waals surface area contributed by atoms with Crippen LogP contribution in [0.1, 0.15) is 64.5 Å². The van der Waals surface area contributed by atoms with Crippen LogP contribution in [-0.2, 0) is 6.42 Å². The minimum Gasteiger partial charge on any atom is -0.296 e. The number of hydrogen-bond donors (Lipinski definition) is 1. The van der Waals surface area contributed by atoms with Gasteiger partial charge < -0.3 is 0 Å². The Labute approximate surface area is 163 Å². The van der Waals surface area contributed by atoms with E-state index in [0.717, 1.165) is 11.4 Å². The van der Waals surface area contributed by atoms with Gasteiger partial charge >= 0.3 is 0 Å². The van der Waals surface area contributed by atoms with E-state index in [4.69, 9.17) is 0 Å². The molecule has 1 saturated carbocycles. The van der Waals surface area contributed by atoms with E-state index in [1.54, 1.807) is 0 Å². The fourth-order valence-electron chi connectivity index (χ4n) is 3.66. The van der Waals surface area contributed by atoms with Gasteiger partial charge in [0.1, 0.15) is 5.01 Å². The second-order valence-electron chi connectivity index (χ2n) is 7.07. The van der Waals surface area contributed by atoms with Crippen molar-refractivity contribution in [3.8, 4) is 0 Å². The van der Waals surface area contributed by atoms with Crippen molar-refractivity contribution in [1.82, 2.24) is 10.2 Å². The summed E-state index contributed by atoms with van der Waals surface area (Å²) in [5.41, 5.74) is 3.20. The third-order valence-corrected chi connectivity index (χ3v) is 5.97. The van der Waals surface area contributed by atoms with Gasteiger partial charge in [-0.15, -0.1) is 10.2 Å². The van der Waals surface area contributed by atoms with Crippen LogP contribution >= 0.6 is 11.3 Å². The van der Waals surface area contributed by atoms with Gasteiger partial charge in [0.15, 0.2) is 0 Å². The van der Waals surface area contributed by atoms with E-state index in [-0.39, 0.29) is 5.91 Å². The number of amides is 1. The van der Waals surface area contributed by atoms with Crippen LogP contribution in [0.15, 0.2) is 54.6 Å². The van der Waals surface area contributed by atoms with E-state index < -0.39 is 0 Å². The fourth-order valence-corrected chi connectivity index (χ4v) is 4.43. The first-order valence-corrected chi connectivity index (χ1v) is 10.4. The average Bonchev–Trinajstić information content (AvgIpc) is 3.16. The van der Waals surface area contributed by atoms with Crippen LogP contribution in [0.4, 0.5) is 5.13 Å². The Bertz CT molecular complexity index is 883. The molecule has 138 valence electrons. The monoisotopic (exact) mass is 377 g/mol. The number of benzene rings is 2. The molecular formula is C22H23N3OS. The van der Waals surface area contributed by atoms with Crippen molar-refractivity contribution < 1.29 is 4.79 Å². The molecule has 1 heterocycles. The molecule has 27 heavy (non-hydrogen) atoms. The van der Waals surface area contributed by atoms with E-state index in [9.17, 15) is 4.79 Å². The Morgan fingerprint density at radius 3 is 2.44 bits per heavy atom. The first-order chi connectivity index (χ1) is 13.3. The van der Waals surface area contributed by atoms with Crippen molar-refractivity contribution in [2.45, 2.75) is 44.4 Å². The smallest absolute Gasteiger partial charge is 0.257 e. The maximum atomic E-state index is 12.5. The molecule has 1 fully saturated rings. The van der Waals surface area contributed by atoms with E-state index in [1.807, 2.05) is 30.3 Å². The molecule has 1 amide bonds. The number of carbonyl (C=O) groups is 1. The molecule has 4 nitrogen and oxygen atoms in total. The second-order valence-corrected chi connectivity index (χ2v) is 8.14. The number of hydrogen-bond acceptors (Lipinski definition) is 4. The summed E-state index contributed by atoms with van der Waals surface area (Å²) in [5.74, 6) is 0.521. The Kier molecular flexibility index (Phi) is 5.58. The van der Waals surface area contributed by atoms with Crippen molar-refractivity contribution in [3.63, 3.8) is 0 Å². The number of carbonyl (C=O) groups excluding carboxylic acids is 1. The minimum absolute atomic E-state index is 0.132. The topological polar surface area (TPSA) is 54.9 Å². The van der Waals surface area contributed by atoms with Crippen LogP contribution in [0.2, 0.25) is 0 Å². The molecule has 0 spiro atoms. The summed E-state index contributed by atoms with van der Waals surface area (Å²) in [6.45, 7) is 0. The average molecular weight is 378 g/mol. The molecule has 1 aliphatic rings. The molecule has 0 saturated heterocycles. The normalized spacial score (nSPS) is 14.8. The fraction of sp³-hybridized carbons (Fsp3) is 0.318. The third-order valence-electron chi connectivity index (χ3n) is 5.13. The zero-order valence-corrected chi connectivity index (χ0v) is 16.0. The highest BCUT2D eigenvalue weighted by Crippen LogP contribution is 2.32. The number of aromatic nitrogens is 2. The van der Waals surface area contributed by atoms with E-state index in [2.05, 4.69) is 39.8 Å². The van der Waals surface area contributed by atoms with Gasteiger partial charge in [-0.1, -0.05) is 73.1 Å². The molecule has 3 aromatic rings. The lowest BCUT2D eigenvalue weighted by molar-refractivity contribution is 0.102. The lowest BCUT2D eigenvalue weighted by atomic mass is 9.84. The van der Waals surface area contributed by atoms with Gasteiger partial charge in [-0.2, -0.15) is 0 Å². The summed E-state index contributed by atoms with van der Waals surface area (Å²) in [6, 6.07) is 18.2. The molecule has 4 rings (SSSR count). The van der Waals surface area contributed by atoms with Gasteiger partial charge in [0.2, 0.25) is 5.13 Å². The highest BCUT2D eigenvalue weighted by atomic mass is 32.1. The summed E-state index contributed by atoms with van der Waals surface area (Å²) in [5, 5.41) is 12.6. The van der Waals surface area contributed by atoms with Gasteiger partial charge in [0, 0.05) is 12.0 Å². The van der Waals surface area contributed by atoms with Gasteiger partial charge in [-0.25, -0.2) is 0 Å². The maximum Gasteiger partial charge on any atom is 0.257 e. The predicted octanol–water partition coefficient (Wildman–Crippen LogP) is 5.43. The van der Waals surface area contributed by atoms with Crippen molar-refractivity contribution in [1.29, 1.82) is 0 Å². The molecule has 1 aromatic heterocycles. The molecule has 2 aromatic carbocycles. The number of nitrogens with one attached hydrogen (secondary N) is 1. The highest BCUT2D eigenvalue weighted by molar-refractivity contribution is 7.15. The van der Waals surface area contributed by atoms with Crippen molar-refractivity contribution >= 4 is 22.4 Å². The molecule has 5 heteroatoms. The second kappa shape index (κ2) is 8.44. The summed E-state index contributed by atoms with van der Waals surface area (Å²) < 4.78 is 0. The lowest BCUT2D eigenvalue weighted by Gasteiger charge is -2.22. The molecule has 0 radical (unpaired) electrons. The van der Waals surface area contributed by atoms with E-state index in [0.29, 0.717) is 16.6 Å². The Morgan fingerprint density at radius 1 is 0.963 bits per heavy atom. The molecule has 0 atom stereocenters. The minimum atomic E-state index is -0.132. The SMILES string of the molecule is O=C(Nc1nnc(Cc2ccccc2)s1)c1ccc(C2CCCCC2)cc1. The zero-order chi connectivity index (χ0) is 18.5. The standard InChI is InChI=1S/C22H23N3OS/c26-21(19-13-11-18(12-14-19)17-9-5-2-6-10-17)23-22-25-24-20(27-22)15-16-7-3-1-4-8-16/h1,3-4,7-8,11-14,17H,2,5-6,9-10,15H2,(H,23,25,26). The third kappa shape index (κ3) is 4.61. The summed E-state index contributed by atoms with van der Waals surface area (Å²) >= 11 is 1.42. The van der Waals surface area contributed by atoms with E-state index in [1.165, 1.54) is 54.6 Å². The summed E-state index contributed by atoms with van der Waals surface area (Å²) in [4.78, 5) is 12.5. The Hall–Kier alpha value is -2.53. The highest BCUT2D eigenvalue weighted by Gasteiger charge is 2.16. The van der Waals surface area contributed by atoms with Crippen molar-refractivity contribution in [2.75, 3.05) is 5.32 Å². The molecule has 1 N–H and O–H groups in total. The zero-order valence-electron chi connectivity index (χ0n) is 15.2. The first-order valence-electron chi connectivity index (χ1n) is 9.55. The lowest BCUT2D eigenvalue weighted by Crippen LogP contribution is -2.12. The Morgan fingerprint density at radius 2 is 1.70 bits per heavy atom. The van der Waals surface area contributed by atoms with Gasteiger partial charge in [-0.3, -0.25) is 10.1 Å². The quantitative estimate of drug-likeness (QED) is 0.645. The van der Waals surface area contributed by atoms with Crippen LogP contribution in [0.5, 0.6) is 0 Å². The van der Waals surface area contributed by atoms with Gasteiger partial charge in [0.25, 0.3) is 5.91 Å². The van der Waals surface area contributed by atoms with Crippen LogP contribution in [0, 0.1) is 0 Å². The molecular weight excluding hydrogens is 354 g/mol. The number of rotatable bonds is 5. The van der Waals surface area contributed by atoms with E-state index >= 15 is 0 Å². The number of anilines is 1. The molecule has 0 unspecified atom stereocenters. The van der Waals surface area contributed by atoms with Crippen molar-refractivity contribution in [3.05, 3.63) is 76.3 Å². The van der Waals surface area contributed by atoms with Gasteiger partial charge in [-0.05, 0) is 42.0 Å². The summed E-state index contributed by atoms with van der Waals surface area (Å²) in [7, 11) is 0. The maximum absolute atomic E-state index is 12.5. The molecule has 1 aliphatic carbocycles. The van der Waals surface area contributed by atoms with Crippen LogP contribution in [-0.4, -0.2) is 16.1 Å². The number of nitrogens with zero attached hydrogens (tertiary/aromatic N) is 2. The van der Waals surface area contributed by atoms with Crippen LogP contribution in [0.3, 0.4) is 0 Å². The first kappa shape index (κ1) is 17.9. The molecule has 0 aliphatic heterocycles. The Balaban J connectivity index is 1.37. The van der Waals surface area contributed by atoms with Crippen LogP contribution in [0.25, 0.3) is 0 Å². The van der Waals surface area contributed by atoms with Crippen LogP contribution < -0.4 is 5.32 Å². The van der Waals surface area contributed by atoms with Crippen molar-refractivity contribution in [2.24, 2.45) is 0 Å². The largest absolute Gasteiger partial charge is 0.296 e. The predicted molar refractivity (Wildman–Crippen MR) is 109 cm³/mol.